The van der Waals surface area contributed by atoms with Crippen LogP contribution in [-0.2, 0) is 0 Å². The molecule has 112 valence electrons. The first kappa shape index (κ1) is 15.7. The van der Waals surface area contributed by atoms with Crippen LogP contribution in [0.25, 0.3) is 0 Å². The molecule has 2 fully saturated rings. The lowest BCUT2D eigenvalue weighted by molar-refractivity contribution is 0.281. The minimum atomic E-state index is 0.263. The van der Waals surface area contributed by atoms with Crippen molar-refractivity contribution in [3.05, 3.63) is 0 Å². The number of rotatable bonds is 5. The van der Waals surface area contributed by atoms with Gasteiger partial charge in [-0.15, -0.1) is 0 Å². The summed E-state index contributed by atoms with van der Waals surface area (Å²) in [4.78, 5) is 2.73. The fraction of sp³-hybridized carbons (Fsp3) is 1.00. The fourth-order valence-electron chi connectivity index (χ4n) is 3.53. The van der Waals surface area contributed by atoms with Crippen LogP contribution >= 0.6 is 11.8 Å². The topological polar surface area (TPSA) is 15.3 Å². The van der Waals surface area contributed by atoms with Crippen LogP contribution in [0.15, 0.2) is 0 Å². The Balaban J connectivity index is 1.75. The molecule has 2 rings (SSSR count). The van der Waals surface area contributed by atoms with E-state index in [2.05, 4.69) is 49.0 Å². The Morgan fingerprint density at radius 2 is 1.95 bits per heavy atom. The second-order valence-electron chi connectivity index (χ2n) is 7.61. The van der Waals surface area contributed by atoms with Crippen LogP contribution in [0.5, 0.6) is 0 Å². The highest BCUT2D eigenvalue weighted by molar-refractivity contribution is 8.00. The number of hydrogen-bond acceptors (Lipinski definition) is 3. The number of nitrogens with zero attached hydrogens (tertiary/aromatic N) is 1. The monoisotopic (exact) mass is 284 g/mol. The Labute approximate surface area is 124 Å². The molecular formula is C16H32N2S. The summed E-state index contributed by atoms with van der Waals surface area (Å²) < 4.78 is 0.590. The van der Waals surface area contributed by atoms with Crippen molar-refractivity contribution in [2.45, 2.75) is 63.2 Å². The third-order valence-electron chi connectivity index (χ3n) is 4.75. The van der Waals surface area contributed by atoms with Crippen molar-refractivity contribution < 1.29 is 0 Å². The van der Waals surface area contributed by atoms with E-state index in [1.165, 1.54) is 58.3 Å². The normalized spacial score (nSPS) is 28.1. The summed E-state index contributed by atoms with van der Waals surface area (Å²) in [5.41, 5.74) is 0.263. The van der Waals surface area contributed by atoms with Crippen LogP contribution in [0, 0.1) is 5.92 Å². The average molecular weight is 285 g/mol. The summed E-state index contributed by atoms with van der Waals surface area (Å²) in [7, 11) is 0. The molecule has 1 heterocycles. The van der Waals surface area contributed by atoms with Crippen LogP contribution in [0.4, 0.5) is 0 Å². The first-order valence-electron chi connectivity index (χ1n) is 7.95. The number of hydrogen-bond donors (Lipinski definition) is 1. The predicted octanol–water partition coefficient (Wildman–Crippen LogP) is 3.37. The van der Waals surface area contributed by atoms with E-state index in [1.54, 1.807) is 0 Å². The Morgan fingerprint density at radius 3 is 2.53 bits per heavy atom. The summed E-state index contributed by atoms with van der Waals surface area (Å²) in [6.07, 6.45) is 9.48. The number of thioether (sulfide) groups is 1. The molecule has 0 spiro atoms. The molecule has 19 heavy (non-hydrogen) atoms. The predicted molar refractivity (Wildman–Crippen MR) is 87.0 cm³/mol. The van der Waals surface area contributed by atoms with Crippen molar-refractivity contribution in [3.8, 4) is 0 Å². The third kappa shape index (κ3) is 4.64. The molecule has 1 unspecified atom stereocenters. The van der Waals surface area contributed by atoms with Gasteiger partial charge in [-0.25, -0.2) is 0 Å². The highest BCUT2D eigenvalue weighted by atomic mass is 32.2. The molecular weight excluding hydrogens is 252 g/mol. The Morgan fingerprint density at radius 1 is 1.26 bits per heavy atom. The lowest BCUT2D eigenvalue weighted by Crippen LogP contribution is -2.41. The first-order chi connectivity index (χ1) is 8.92. The zero-order valence-corrected chi connectivity index (χ0v) is 14.1. The minimum absolute atomic E-state index is 0.263. The van der Waals surface area contributed by atoms with E-state index < -0.39 is 0 Å². The Hall–Kier alpha value is 0.270. The molecule has 2 aliphatic rings. The molecule has 1 saturated heterocycles. The van der Waals surface area contributed by atoms with Gasteiger partial charge in [0, 0.05) is 23.4 Å². The van der Waals surface area contributed by atoms with Crippen LogP contribution in [0.2, 0.25) is 0 Å². The quantitative estimate of drug-likeness (QED) is 0.833. The van der Waals surface area contributed by atoms with E-state index >= 15 is 0 Å². The van der Waals surface area contributed by atoms with Crippen molar-refractivity contribution in [3.63, 3.8) is 0 Å². The summed E-state index contributed by atoms with van der Waals surface area (Å²) in [5.74, 6) is 0.861. The highest BCUT2D eigenvalue weighted by Gasteiger charge is 2.36. The van der Waals surface area contributed by atoms with E-state index in [-0.39, 0.29) is 5.54 Å². The van der Waals surface area contributed by atoms with Gasteiger partial charge < -0.3 is 10.2 Å². The van der Waals surface area contributed by atoms with Gasteiger partial charge in [-0.1, -0.05) is 12.8 Å². The summed E-state index contributed by atoms with van der Waals surface area (Å²) in [5, 5.41) is 3.67. The smallest absolute Gasteiger partial charge is 0.0284 e. The standard InChI is InChI=1S/C16H32N2S/c1-15(2,3)17-11-14-7-10-18(12-14)13-16(19-4)8-5-6-9-16/h14,17H,5-13H2,1-4H3. The molecule has 0 aromatic rings. The van der Waals surface area contributed by atoms with E-state index in [4.69, 9.17) is 0 Å². The second-order valence-corrected chi connectivity index (χ2v) is 8.89. The molecule has 1 atom stereocenters. The van der Waals surface area contributed by atoms with Gasteiger partial charge in [0.05, 0.1) is 0 Å². The van der Waals surface area contributed by atoms with Gasteiger partial charge in [0.2, 0.25) is 0 Å². The molecule has 0 radical (unpaired) electrons. The van der Waals surface area contributed by atoms with Gasteiger partial charge in [-0.3, -0.25) is 0 Å². The maximum atomic E-state index is 3.67. The molecule has 0 aromatic carbocycles. The first-order valence-corrected chi connectivity index (χ1v) is 9.17. The molecule has 3 heteroatoms. The van der Waals surface area contributed by atoms with Crippen molar-refractivity contribution >= 4 is 11.8 Å². The summed E-state index contributed by atoms with van der Waals surface area (Å²) in [6, 6.07) is 0. The highest BCUT2D eigenvalue weighted by Crippen LogP contribution is 2.41. The van der Waals surface area contributed by atoms with E-state index in [0.29, 0.717) is 4.75 Å². The lowest BCUT2D eigenvalue weighted by atomic mass is 10.0. The molecule has 0 aromatic heterocycles. The van der Waals surface area contributed by atoms with E-state index in [1.807, 2.05) is 0 Å². The Kier molecular flexibility index (Phi) is 5.24. The molecule has 0 amide bonds. The minimum Gasteiger partial charge on any atom is -0.312 e. The number of likely N-dealkylation sites (tertiary alicyclic amines) is 1. The maximum Gasteiger partial charge on any atom is 0.0284 e. The fourth-order valence-corrected chi connectivity index (χ4v) is 4.54. The van der Waals surface area contributed by atoms with Gasteiger partial charge in [-0.2, -0.15) is 11.8 Å². The molecule has 1 N–H and O–H groups in total. The molecule has 1 aliphatic heterocycles. The molecule has 0 bridgehead atoms. The summed E-state index contributed by atoms with van der Waals surface area (Å²) in [6.45, 7) is 11.9. The van der Waals surface area contributed by atoms with E-state index in [0.717, 1.165) is 5.92 Å². The van der Waals surface area contributed by atoms with Crippen LogP contribution in [0.3, 0.4) is 0 Å². The van der Waals surface area contributed by atoms with Gasteiger partial charge in [0.25, 0.3) is 0 Å². The maximum absolute atomic E-state index is 3.67. The van der Waals surface area contributed by atoms with Crippen LogP contribution in [-0.4, -0.2) is 47.6 Å². The SMILES string of the molecule is CSC1(CN2CCC(CNC(C)(C)C)C2)CCCC1. The van der Waals surface area contributed by atoms with E-state index in [9.17, 15) is 0 Å². The van der Waals surface area contributed by atoms with Crippen molar-refractivity contribution in [1.82, 2.24) is 10.2 Å². The Bertz CT molecular complexity index is 279. The molecule has 1 aliphatic carbocycles. The molecule has 2 nitrogen and oxygen atoms in total. The second kappa shape index (κ2) is 6.36. The van der Waals surface area contributed by atoms with Gasteiger partial charge >= 0.3 is 0 Å². The van der Waals surface area contributed by atoms with Crippen molar-refractivity contribution in [1.29, 1.82) is 0 Å². The van der Waals surface area contributed by atoms with Gasteiger partial charge in [0.1, 0.15) is 0 Å². The van der Waals surface area contributed by atoms with Crippen molar-refractivity contribution in [2.75, 3.05) is 32.4 Å². The zero-order valence-electron chi connectivity index (χ0n) is 13.3. The summed E-state index contributed by atoms with van der Waals surface area (Å²) >= 11 is 2.13. The number of nitrogens with one attached hydrogen (secondary N) is 1. The van der Waals surface area contributed by atoms with Gasteiger partial charge in [0.15, 0.2) is 0 Å². The van der Waals surface area contributed by atoms with Crippen LogP contribution in [0.1, 0.15) is 52.9 Å². The average Bonchev–Trinajstić information content (AvgIpc) is 2.96. The van der Waals surface area contributed by atoms with Crippen molar-refractivity contribution in [2.24, 2.45) is 5.92 Å². The largest absolute Gasteiger partial charge is 0.312 e. The zero-order chi connectivity index (χ0) is 13.9. The third-order valence-corrected chi connectivity index (χ3v) is 6.15. The molecule has 1 saturated carbocycles. The van der Waals surface area contributed by atoms with Gasteiger partial charge in [-0.05, 0) is 65.3 Å². The van der Waals surface area contributed by atoms with Crippen LogP contribution < -0.4 is 5.32 Å². The lowest BCUT2D eigenvalue weighted by Gasteiger charge is -2.32.